The molecule has 2 aromatic rings. The molecule has 1 aliphatic rings. The molecular formula is C28H32N2O6. The fourth-order valence-corrected chi connectivity index (χ4v) is 4.19. The largest absolute Gasteiger partial charge is 0.507 e. The number of carbonyl (C=O) groups is 3. The van der Waals surface area contributed by atoms with E-state index in [-0.39, 0.29) is 11.3 Å². The number of aliphatic hydroxyl groups excluding tert-OH is 1. The number of benzene rings is 2. The van der Waals surface area contributed by atoms with Crippen molar-refractivity contribution in [3.05, 3.63) is 83.4 Å². The number of aliphatic hydroxyl groups is 1. The van der Waals surface area contributed by atoms with Crippen LogP contribution in [0.25, 0.3) is 5.76 Å². The first-order chi connectivity index (χ1) is 17.4. The third-order valence-corrected chi connectivity index (χ3v) is 6.23. The summed E-state index contributed by atoms with van der Waals surface area (Å²) in [6.07, 6.45) is 1.62. The second kappa shape index (κ2) is 12.2. The van der Waals surface area contributed by atoms with E-state index in [1.165, 1.54) is 12.0 Å². The number of ether oxygens (including phenoxy) is 2. The molecule has 0 spiro atoms. The van der Waals surface area contributed by atoms with Gasteiger partial charge < -0.3 is 24.4 Å². The van der Waals surface area contributed by atoms with E-state index in [0.717, 1.165) is 13.1 Å². The highest BCUT2D eigenvalue weighted by Gasteiger charge is 2.46. The summed E-state index contributed by atoms with van der Waals surface area (Å²) < 4.78 is 10.3. The van der Waals surface area contributed by atoms with Crippen molar-refractivity contribution in [2.45, 2.75) is 19.9 Å². The van der Waals surface area contributed by atoms with Gasteiger partial charge in [0, 0.05) is 18.7 Å². The van der Waals surface area contributed by atoms with E-state index in [0.29, 0.717) is 42.1 Å². The first-order valence-corrected chi connectivity index (χ1v) is 11.9. The Kier molecular flexibility index (Phi) is 9.02. The first kappa shape index (κ1) is 26.7. The summed E-state index contributed by atoms with van der Waals surface area (Å²) in [5.41, 5.74) is 1.34. The summed E-state index contributed by atoms with van der Waals surface area (Å²) in [5.74, 6) is -1.59. The van der Waals surface area contributed by atoms with E-state index in [1.54, 1.807) is 54.6 Å². The number of rotatable bonds is 11. The van der Waals surface area contributed by atoms with Crippen LogP contribution < -0.4 is 4.74 Å². The lowest BCUT2D eigenvalue weighted by molar-refractivity contribution is -0.140. The number of amides is 1. The number of esters is 1. The Morgan fingerprint density at radius 1 is 1.06 bits per heavy atom. The van der Waals surface area contributed by atoms with Crippen molar-refractivity contribution >= 4 is 23.4 Å². The molecule has 0 aromatic heterocycles. The summed E-state index contributed by atoms with van der Waals surface area (Å²) in [5, 5.41) is 11.2. The van der Waals surface area contributed by atoms with Crippen LogP contribution in [0.1, 0.15) is 41.4 Å². The zero-order chi connectivity index (χ0) is 26.2. The predicted octanol–water partition coefficient (Wildman–Crippen LogP) is 3.80. The molecule has 1 aliphatic heterocycles. The Hall–Kier alpha value is -3.91. The fourth-order valence-electron chi connectivity index (χ4n) is 4.19. The molecule has 8 nitrogen and oxygen atoms in total. The average Bonchev–Trinajstić information content (AvgIpc) is 3.17. The zero-order valence-corrected chi connectivity index (χ0v) is 20.9. The molecule has 3 rings (SSSR count). The Labute approximate surface area is 211 Å². The lowest BCUT2D eigenvalue weighted by Crippen LogP contribution is -2.38. The summed E-state index contributed by atoms with van der Waals surface area (Å²) in [4.78, 5) is 41.9. The van der Waals surface area contributed by atoms with Gasteiger partial charge in [0.1, 0.15) is 18.1 Å². The standard InChI is InChI=1S/C28H32N2O6/c1-5-18-36-22-14-12-20(13-15-22)25(31)23-24(19-8-10-21(11-9-19)28(34)35-4)30(27(33)26(23)32)17-16-29(6-2)7-3/h5,8-15,24,31H,1,6-7,16-18H2,2-4H3/b25-23+. The number of carbonyl (C=O) groups excluding carboxylic acids is 3. The molecule has 1 N–H and O–H groups in total. The molecule has 0 aliphatic carbocycles. The Morgan fingerprint density at radius 2 is 1.67 bits per heavy atom. The van der Waals surface area contributed by atoms with Crippen molar-refractivity contribution in [2.24, 2.45) is 0 Å². The molecule has 0 bridgehead atoms. The van der Waals surface area contributed by atoms with E-state index < -0.39 is 23.7 Å². The SMILES string of the molecule is C=CCOc1ccc(/C(O)=C2\C(=O)C(=O)N(CCN(CC)CC)C2c2ccc(C(=O)OC)cc2)cc1. The van der Waals surface area contributed by atoms with Gasteiger partial charge in [0.05, 0.1) is 24.3 Å². The number of methoxy groups -OCH3 is 1. The Morgan fingerprint density at radius 3 is 2.22 bits per heavy atom. The topological polar surface area (TPSA) is 96.4 Å². The van der Waals surface area contributed by atoms with Crippen molar-refractivity contribution in [3.8, 4) is 5.75 Å². The molecule has 0 saturated carbocycles. The van der Waals surface area contributed by atoms with E-state index in [1.807, 2.05) is 13.8 Å². The van der Waals surface area contributed by atoms with Crippen molar-refractivity contribution < 1.29 is 29.0 Å². The van der Waals surface area contributed by atoms with Gasteiger partial charge in [-0.1, -0.05) is 38.6 Å². The lowest BCUT2D eigenvalue weighted by Gasteiger charge is -2.28. The van der Waals surface area contributed by atoms with Gasteiger partial charge in [-0.15, -0.1) is 0 Å². The van der Waals surface area contributed by atoms with Crippen LogP contribution in [0.15, 0.2) is 66.8 Å². The monoisotopic (exact) mass is 492 g/mol. The van der Waals surface area contributed by atoms with Crippen molar-refractivity contribution in [1.82, 2.24) is 9.80 Å². The van der Waals surface area contributed by atoms with Crippen LogP contribution in [0.3, 0.4) is 0 Å². The van der Waals surface area contributed by atoms with Gasteiger partial charge in [-0.25, -0.2) is 4.79 Å². The summed E-state index contributed by atoms with van der Waals surface area (Å²) >= 11 is 0. The second-order valence-electron chi connectivity index (χ2n) is 8.26. The normalized spacial score (nSPS) is 16.9. The summed E-state index contributed by atoms with van der Waals surface area (Å²) in [6.45, 7) is 10.5. The number of Topliss-reactive ketones (excluding diaryl/α,β-unsaturated/α-hetero) is 1. The lowest BCUT2D eigenvalue weighted by atomic mass is 9.94. The highest BCUT2D eigenvalue weighted by molar-refractivity contribution is 6.46. The summed E-state index contributed by atoms with van der Waals surface area (Å²) in [6, 6.07) is 12.3. The molecule has 8 heteroatoms. The van der Waals surface area contributed by atoms with Gasteiger partial charge in [0.15, 0.2) is 0 Å². The Bertz CT molecular complexity index is 1130. The van der Waals surface area contributed by atoms with Crippen LogP contribution in [0, 0.1) is 0 Å². The molecule has 0 radical (unpaired) electrons. The van der Waals surface area contributed by atoms with Gasteiger partial charge in [-0.2, -0.15) is 0 Å². The van der Waals surface area contributed by atoms with Crippen LogP contribution in [0.2, 0.25) is 0 Å². The quantitative estimate of drug-likeness (QED) is 0.168. The molecule has 1 unspecified atom stereocenters. The fraction of sp³-hybridized carbons (Fsp3) is 0.321. The van der Waals surface area contributed by atoms with Crippen molar-refractivity contribution in [3.63, 3.8) is 0 Å². The molecule has 1 heterocycles. The van der Waals surface area contributed by atoms with Crippen molar-refractivity contribution in [1.29, 1.82) is 0 Å². The molecule has 1 amide bonds. The second-order valence-corrected chi connectivity index (χ2v) is 8.26. The van der Waals surface area contributed by atoms with Gasteiger partial charge in [0.25, 0.3) is 11.7 Å². The average molecular weight is 493 g/mol. The van der Waals surface area contributed by atoms with E-state index >= 15 is 0 Å². The van der Waals surface area contributed by atoms with Gasteiger partial charge in [0.2, 0.25) is 0 Å². The van der Waals surface area contributed by atoms with Crippen LogP contribution in [0.4, 0.5) is 0 Å². The van der Waals surface area contributed by atoms with Crippen molar-refractivity contribution in [2.75, 3.05) is 39.9 Å². The number of likely N-dealkylation sites (tertiary alicyclic amines) is 1. The van der Waals surface area contributed by atoms with Gasteiger partial charge >= 0.3 is 5.97 Å². The zero-order valence-electron chi connectivity index (χ0n) is 20.9. The number of hydrogen-bond acceptors (Lipinski definition) is 7. The first-order valence-electron chi connectivity index (χ1n) is 11.9. The third kappa shape index (κ3) is 5.66. The number of nitrogens with zero attached hydrogens (tertiary/aromatic N) is 2. The molecule has 1 atom stereocenters. The minimum absolute atomic E-state index is 0.00475. The van der Waals surface area contributed by atoms with Crippen LogP contribution in [0.5, 0.6) is 5.75 Å². The van der Waals surface area contributed by atoms with Gasteiger partial charge in [-0.3, -0.25) is 9.59 Å². The van der Waals surface area contributed by atoms with Crippen LogP contribution >= 0.6 is 0 Å². The molecule has 190 valence electrons. The number of hydrogen-bond donors (Lipinski definition) is 1. The number of ketones is 1. The molecule has 1 saturated heterocycles. The van der Waals surface area contributed by atoms with E-state index in [4.69, 9.17) is 9.47 Å². The highest BCUT2D eigenvalue weighted by Crippen LogP contribution is 2.39. The van der Waals surface area contributed by atoms with Crippen LogP contribution in [-0.4, -0.2) is 72.5 Å². The molecular weight excluding hydrogens is 460 g/mol. The minimum atomic E-state index is -0.802. The summed E-state index contributed by atoms with van der Waals surface area (Å²) in [7, 11) is 1.30. The van der Waals surface area contributed by atoms with Crippen LogP contribution in [-0.2, 0) is 14.3 Å². The van der Waals surface area contributed by atoms with E-state index in [2.05, 4.69) is 11.5 Å². The Balaban J connectivity index is 2.05. The van der Waals surface area contributed by atoms with E-state index in [9.17, 15) is 19.5 Å². The maximum Gasteiger partial charge on any atom is 0.337 e. The molecule has 36 heavy (non-hydrogen) atoms. The minimum Gasteiger partial charge on any atom is -0.507 e. The van der Waals surface area contributed by atoms with Gasteiger partial charge in [-0.05, 0) is 55.1 Å². The highest BCUT2D eigenvalue weighted by atomic mass is 16.5. The maximum atomic E-state index is 13.2. The third-order valence-electron chi connectivity index (χ3n) is 6.23. The molecule has 1 fully saturated rings. The maximum absolute atomic E-state index is 13.2. The number of likely N-dealkylation sites (N-methyl/N-ethyl adjacent to an activating group) is 1. The predicted molar refractivity (Wildman–Crippen MR) is 137 cm³/mol. The molecule has 2 aromatic carbocycles. The smallest absolute Gasteiger partial charge is 0.337 e.